The smallest absolute Gasteiger partial charge is 0.332 e. The van der Waals surface area contributed by atoms with E-state index in [-0.39, 0.29) is 64.0 Å². The van der Waals surface area contributed by atoms with Gasteiger partial charge in [-0.3, -0.25) is 28.5 Å². The van der Waals surface area contributed by atoms with Gasteiger partial charge < -0.3 is 23.7 Å². The first-order valence-corrected chi connectivity index (χ1v) is 15.3. The predicted molar refractivity (Wildman–Crippen MR) is 168 cm³/mol. The molecule has 1 aromatic carbocycles. The van der Waals surface area contributed by atoms with Crippen molar-refractivity contribution < 1.29 is 33.3 Å². The number of carbonyl (C=O) groups excluding carboxylic acids is 2. The van der Waals surface area contributed by atoms with Crippen molar-refractivity contribution in [2.45, 2.75) is 58.7 Å². The number of carbonyl (C=O) groups is 2. The fraction of sp³-hybridized carbons (Fsp3) is 0.394. The zero-order valence-corrected chi connectivity index (χ0v) is 27.5. The molecule has 2 atom stereocenters. The van der Waals surface area contributed by atoms with E-state index in [1.807, 2.05) is 6.92 Å². The standard InChI is InChI=1S/C33H31ClN4O9/c1-14-8-20-17(27(39)33(14)28(40)23-21(43-6)10-22(44-7)24(34)26(23)47-33)9-18-29(36-20)37(5)31(42)38(30(18)41)12-16-11-35-15(2)25-19(16)13-45-32(3,4)46-25/h9-11,14H,8,12-13H2,1-7H3. The van der Waals surface area contributed by atoms with Crippen molar-refractivity contribution in [2.24, 2.45) is 13.0 Å². The molecule has 13 nitrogen and oxygen atoms in total. The topological polar surface area (TPSA) is 150 Å². The number of aromatic nitrogens is 4. The predicted octanol–water partition coefficient (Wildman–Crippen LogP) is 3.55. The van der Waals surface area contributed by atoms with Crippen molar-refractivity contribution in [3.8, 4) is 23.0 Å². The van der Waals surface area contributed by atoms with Crippen molar-refractivity contribution in [3.05, 3.63) is 77.8 Å². The molecule has 1 spiro atoms. The molecule has 7 rings (SSSR count). The highest BCUT2D eigenvalue weighted by molar-refractivity contribution is 6.36. The van der Waals surface area contributed by atoms with Gasteiger partial charge >= 0.3 is 5.69 Å². The summed E-state index contributed by atoms with van der Waals surface area (Å²) >= 11 is 6.55. The Bertz CT molecular complexity index is 2210. The van der Waals surface area contributed by atoms with Crippen molar-refractivity contribution in [3.63, 3.8) is 0 Å². The molecular weight excluding hydrogens is 632 g/mol. The fourth-order valence-corrected chi connectivity index (χ4v) is 6.94. The third-order valence-corrected chi connectivity index (χ3v) is 9.59. The summed E-state index contributed by atoms with van der Waals surface area (Å²) in [6, 6.07) is 2.85. The number of Topliss-reactive ketones (excluding diaryl/α,β-unsaturated/α-hetero) is 2. The first-order chi connectivity index (χ1) is 22.2. The van der Waals surface area contributed by atoms with E-state index in [2.05, 4.69) is 9.97 Å². The number of pyridine rings is 2. The fourth-order valence-electron chi connectivity index (χ4n) is 6.68. The van der Waals surface area contributed by atoms with Crippen molar-refractivity contribution in [2.75, 3.05) is 14.2 Å². The number of aryl methyl sites for hydroxylation is 2. The highest BCUT2D eigenvalue weighted by Crippen LogP contribution is 2.53. The van der Waals surface area contributed by atoms with E-state index in [1.54, 1.807) is 27.0 Å². The number of rotatable bonds is 4. The summed E-state index contributed by atoms with van der Waals surface area (Å²) in [5.74, 6) is -1.95. The maximum Gasteiger partial charge on any atom is 0.332 e. The van der Waals surface area contributed by atoms with E-state index in [0.29, 0.717) is 28.3 Å². The van der Waals surface area contributed by atoms with Crippen molar-refractivity contribution >= 4 is 34.2 Å². The van der Waals surface area contributed by atoms with E-state index in [1.165, 1.54) is 38.0 Å². The van der Waals surface area contributed by atoms with Crippen LogP contribution in [-0.2, 0) is 31.4 Å². The number of ether oxygens (including phenoxy) is 5. The minimum absolute atomic E-state index is 0.0126. The van der Waals surface area contributed by atoms with Gasteiger partial charge in [-0.05, 0) is 25.0 Å². The molecule has 2 aliphatic heterocycles. The van der Waals surface area contributed by atoms with Gasteiger partial charge in [0.05, 0.1) is 44.1 Å². The Balaban J connectivity index is 1.36. The lowest BCUT2D eigenvalue weighted by Gasteiger charge is -2.36. The lowest BCUT2D eigenvalue weighted by molar-refractivity contribution is -0.180. The number of fused-ring (bicyclic) bond motifs is 4. The van der Waals surface area contributed by atoms with Crippen LogP contribution in [0.2, 0.25) is 5.02 Å². The van der Waals surface area contributed by atoms with Crippen LogP contribution >= 0.6 is 11.6 Å². The van der Waals surface area contributed by atoms with Gasteiger partial charge in [-0.1, -0.05) is 18.5 Å². The quantitative estimate of drug-likeness (QED) is 0.295. The second-order valence-corrected chi connectivity index (χ2v) is 12.8. The van der Waals surface area contributed by atoms with Gasteiger partial charge in [0.2, 0.25) is 23.0 Å². The molecule has 244 valence electrons. The van der Waals surface area contributed by atoms with Gasteiger partial charge in [0.25, 0.3) is 5.56 Å². The summed E-state index contributed by atoms with van der Waals surface area (Å²) in [7, 11) is 4.31. The third-order valence-electron chi connectivity index (χ3n) is 9.23. The summed E-state index contributed by atoms with van der Waals surface area (Å²) in [5, 5.41) is 0.0488. The lowest BCUT2D eigenvalue weighted by Crippen LogP contribution is -2.57. The normalized spacial score (nSPS) is 20.8. The highest BCUT2D eigenvalue weighted by Gasteiger charge is 2.62. The zero-order chi connectivity index (χ0) is 33.7. The minimum Gasteiger partial charge on any atom is -0.496 e. The average Bonchev–Trinajstić information content (AvgIpc) is 3.36. The van der Waals surface area contributed by atoms with Gasteiger partial charge in [-0.15, -0.1) is 0 Å². The highest BCUT2D eigenvalue weighted by atomic mass is 35.5. The number of methoxy groups -OCH3 is 2. The zero-order valence-electron chi connectivity index (χ0n) is 26.8. The van der Waals surface area contributed by atoms with Crippen molar-refractivity contribution in [1.29, 1.82) is 0 Å². The molecule has 1 aliphatic carbocycles. The van der Waals surface area contributed by atoms with E-state index in [0.717, 1.165) is 4.57 Å². The van der Waals surface area contributed by atoms with Crippen LogP contribution in [0.25, 0.3) is 11.0 Å². The Labute approximate surface area is 272 Å². The van der Waals surface area contributed by atoms with Crippen LogP contribution in [0.1, 0.15) is 64.0 Å². The molecule has 0 bridgehead atoms. The van der Waals surface area contributed by atoms with Crippen molar-refractivity contribution in [1.82, 2.24) is 19.1 Å². The number of halogens is 1. The molecule has 4 aromatic rings. The number of nitrogens with zero attached hydrogens (tertiary/aromatic N) is 4. The Morgan fingerprint density at radius 3 is 2.47 bits per heavy atom. The summed E-state index contributed by atoms with van der Waals surface area (Å²) in [6.45, 7) is 7.16. The van der Waals surface area contributed by atoms with Gasteiger partial charge in [-0.2, -0.15) is 0 Å². The van der Waals surface area contributed by atoms with E-state index >= 15 is 0 Å². The molecule has 0 saturated heterocycles. The van der Waals surface area contributed by atoms with Gasteiger partial charge in [0, 0.05) is 50.2 Å². The van der Waals surface area contributed by atoms with Crippen LogP contribution in [0.4, 0.5) is 0 Å². The molecule has 3 aromatic heterocycles. The monoisotopic (exact) mass is 662 g/mol. The molecule has 0 N–H and O–H groups in total. The summed E-state index contributed by atoms with van der Waals surface area (Å²) in [6.07, 6.45) is 1.73. The Morgan fingerprint density at radius 1 is 1.04 bits per heavy atom. The Morgan fingerprint density at radius 2 is 1.77 bits per heavy atom. The lowest BCUT2D eigenvalue weighted by atomic mass is 9.71. The van der Waals surface area contributed by atoms with Gasteiger partial charge in [0.1, 0.15) is 33.5 Å². The second kappa shape index (κ2) is 10.4. The molecule has 47 heavy (non-hydrogen) atoms. The molecule has 0 saturated carbocycles. The summed E-state index contributed by atoms with van der Waals surface area (Å²) < 4.78 is 31.2. The van der Waals surface area contributed by atoms with E-state index in [4.69, 9.17) is 35.3 Å². The number of ketones is 2. The van der Waals surface area contributed by atoms with Crippen LogP contribution in [0.15, 0.2) is 27.9 Å². The molecule has 2 unspecified atom stereocenters. The van der Waals surface area contributed by atoms with Gasteiger partial charge in [-0.25, -0.2) is 9.78 Å². The molecule has 5 heterocycles. The van der Waals surface area contributed by atoms with Crippen LogP contribution in [0.3, 0.4) is 0 Å². The molecular formula is C33H31ClN4O9. The number of hydrogen-bond donors (Lipinski definition) is 0. The first kappa shape index (κ1) is 30.9. The third kappa shape index (κ3) is 4.25. The Hall–Kier alpha value is -4.75. The number of benzene rings is 1. The van der Waals surface area contributed by atoms with Crippen LogP contribution in [0.5, 0.6) is 23.0 Å². The second-order valence-electron chi connectivity index (χ2n) is 12.5. The maximum atomic E-state index is 14.4. The Kier molecular flexibility index (Phi) is 6.82. The molecule has 3 aliphatic rings. The van der Waals surface area contributed by atoms with Crippen LogP contribution in [-0.4, -0.2) is 56.3 Å². The SMILES string of the molecule is COc1cc(OC)c2c(c1Cl)OC1(C(=O)c3cc4c(=O)n(Cc5cnc(C)c6c5COC(C)(C)O6)c(=O)n(C)c4nc3CC1C)C2=O. The van der Waals surface area contributed by atoms with E-state index in [9.17, 15) is 19.2 Å². The van der Waals surface area contributed by atoms with Gasteiger partial charge in [0.15, 0.2) is 5.75 Å². The number of hydrogen-bond acceptors (Lipinski definition) is 11. The van der Waals surface area contributed by atoms with Crippen LogP contribution in [0, 0.1) is 12.8 Å². The summed E-state index contributed by atoms with van der Waals surface area (Å²) in [4.78, 5) is 65.2. The average molecular weight is 663 g/mol. The molecule has 0 fully saturated rings. The van der Waals surface area contributed by atoms with E-state index < -0.39 is 40.1 Å². The maximum absolute atomic E-state index is 14.4. The molecule has 14 heteroatoms. The largest absolute Gasteiger partial charge is 0.496 e. The summed E-state index contributed by atoms with van der Waals surface area (Å²) in [5.41, 5.74) is -0.818. The molecule has 0 amide bonds. The van der Waals surface area contributed by atoms with Crippen LogP contribution < -0.4 is 30.2 Å². The minimum atomic E-state index is -1.98. The molecule has 0 radical (unpaired) electrons. The first-order valence-electron chi connectivity index (χ1n) is 14.9.